The lowest BCUT2D eigenvalue weighted by atomic mass is 9.95. The smallest absolute Gasteiger partial charge is 0.249 e. The lowest BCUT2D eigenvalue weighted by Crippen LogP contribution is -2.68. The molecule has 1 aromatic heterocycles. The van der Waals surface area contributed by atoms with E-state index in [1.165, 1.54) is 0 Å². The first-order valence-electron chi connectivity index (χ1n) is 8.56. The van der Waals surface area contributed by atoms with Crippen molar-refractivity contribution >= 4 is 23.6 Å². The van der Waals surface area contributed by atoms with Crippen LogP contribution in [-0.4, -0.2) is 60.6 Å². The first kappa shape index (κ1) is 17.8. The number of hydrogen-bond acceptors (Lipinski definition) is 7. The van der Waals surface area contributed by atoms with Gasteiger partial charge in [-0.3, -0.25) is 9.59 Å². The number of β-lactam (4-membered cyclic amide) rings is 1. The van der Waals surface area contributed by atoms with E-state index in [1.54, 1.807) is 23.8 Å². The molecule has 3 atom stereocenters. The molecule has 2 unspecified atom stereocenters. The molecule has 9 nitrogen and oxygen atoms in total. The fraction of sp³-hybridized carbons (Fsp3) is 0.471. The Hall–Kier alpha value is -2.62. The molecule has 2 aromatic rings. The molecule has 2 aliphatic rings. The predicted molar refractivity (Wildman–Crippen MR) is 97.9 cm³/mol. The maximum atomic E-state index is 12.7. The van der Waals surface area contributed by atoms with Gasteiger partial charge in [0.25, 0.3) is 0 Å². The average molecular weight is 388 g/mol. The van der Waals surface area contributed by atoms with Crippen molar-refractivity contribution in [2.45, 2.75) is 42.5 Å². The van der Waals surface area contributed by atoms with Crippen molar-refractivity contribution in [2.75, 3.05) is 7.11 Å². The topological polar surface area (TPSA) is 113 Å². The number of hydrogen-bond donors (Lipinski definition) is 2. The van der Waals surface area contributed by atoms with E-state index in [4.69, 9.17) is 4.74 Å². The molecule has 2 aliphatic heterocycles. The molecule has 4 rings (SSSR count). The number of thioether (sulfide) groups is 1. The van der Waals surface area contributed by atoms with Crippen LogP contribution in [0.4, 0.5) is 0 Å². The molecule has 2 fully saturated rings. The Bertz CT molecular complexity index is 871. The second-order valence-electron chi connectivity index (χ2n) is 7.12. The van der Waals surface area contributed by atoms with Crippen LogP contribution in [0.25, 0.3) is 0 Å². The van der Waals surface area contributed by atoms with Crippen molar-refractivity contribution in [3.8, 4) is 5.75 Å². The summed E-state index contributed by atoms with van der Waals surface area (Å²) in [4.78, 5) is 26.9. The first-order valence-corrected chi connectivity index (χ1v) is 9.44. The van der Waals surface area contributed by atoms with Crippen LogP contribution >= 0.6 is 11.8 Å². The van der Waals surface area contributed by atoms with E-state index in [9.17, 15) is 9.59 Å². The monoisotopic (exact) mass is 388 g/mol. The zero-order chi connectivity index (χ0) is 19.2. The van der Waals surface area contributed by atoms with Crippen LogP contribution in [0.15, 0.2) is 24.3 Å². The number of carbonyl (C=O) groups is 2. The SMILES string of the molecule is COc1cccc(CC(=O)NC2C(=O)N3C(c4nnn[nH]4)C(C)(C)S[C@H]23)c1. The third kappa shape index (κ3) is 3.03. The number of fused-ring (bicyclic) bond motifs is 1. The first-order chi connectivity index (χ1) is 12.9. The lowest BCUT2D eigenvalue weighted by Gasteiger charge is -2.44. The molecule has 1 aromatic carbocycles. The van der Waals surface area contributed by atoms with E-state index in [1.807, 2.05) is 38.1 Å². The number of tetrazole rings is 1. The molecule has 27 heavy (non-hydrogen) atoms. The minimum absolute atomic E-state index is 0.113. The van der Waals surface area contributed by atoms with Gasteiger partial charge in [-0.15, -0.1) is 16.9 Å². The zero-order valence-corrected chi connectivity index (χ0v) is 16.0. The third-order valence-electron chi connectivity index (χ3n) is 4.88. The highest BCUT2D eigenvalue weighted by Crippen LogP contribution is 2.56. The molecule has 0 spiro atoms. The molecule has 0 saturated carbocycles. The quantitative estimate of drug-likeness (QED) is 0.724. The normalized spacial score (nSPS) is 25.7. The van der Waals surface area contributed by atoms with Crippen LogP contribution in [0.1, 0.15) is 31.3 Å². The van der Waals surface area contributed by atoms with Gasteiger partial charge in [0.05, 0.1) is 13.5 Å². The second kappa shape index (κ2) is 6.52. The molecule has 142 valence electrons. The highest BCUT2D eigenvalue weighted by molar-refractivity contribution is 8.01. The molecule has 2 amide bonds. The van der Waals surface area contributed by atoms with E-state index in [-0.39, 0.29) is 34.4 Å². The minimum Gasteiger partial charge on any atom is -0.497 e. The number of methoxy groups -OCH3 is 1. The van der Waals surface area contributed by atoms with E-state index >= 15 is 0 Å². The van der Waals surface area contributed by atoms with Crippen LogP contribution in [0.3, 0.4) is 0 Å². The van der Waals surface area contributed by atoms with Gasteiger partial charge in [-0.05, 0) is 42.0 Å². The fourth-order valence-corrected chi connectivity index (χ4v) is 5.30. The zero-order valence-electron chi connectivity index (χ0n) is 15.2. The summed E-state index contributed by atoms with van der Waals surface area (Å²) < 4.78 is 4.91. The second-order valence-corrected chi connectivity index (χ2v) is 8.89. The summed E-state index contributed by atoms with van der Waals surface area (Å²) in [6.07, 6.45) is 0.192. The summed E-state index contributed by atoms with van der Waals surface area (Å²) in [6.45, 7) is 4.09. The van der Waals surface area contributed by atoms with E-state index in [0.29, 0.717) is 11.6 Å². The molecule has 0 radical (unpaired) electrons. The number of ether oxygens (including phenoxy) is 1. The van der Waals surface area contributed by atoms with E-state index in [0.717, 1.165) is 5.56 Å². The van der Waals surface area contributed by atoms with E-state index < -0.39 is 6.04 Å². The number of benzene rings is 1. The van der Waals surface area contributed by atoms with Crippen molar-refractivity contribution in [2.24, 2.45) is 0 Å². The summed E-state index contributed by atoms with van der Waals surface area (Å²) in [5, 5.41) is 16.7. The van der Waals surface area contributed by atoms with Crippen molar-refractivity contribution < 1.29 is 14.3 Å². The van der Waals surface area contributed by atoms with Crippen molar-refractivity contribution in [3.05, 3.63) is 35.7 Å². The number of H-pyrrole nitrogens is 1. The fourth-order valence-electron chi connectivity index (χ4n) is 3.66. The maximum Gasteiger partial charge on any atom is 0.249 e. The number of amides is 2. The number of nitrogens with one attached hydrogen (secondary N) is 2. The summed E-state index contributed by atoms with van der Waals surface area (Å²) in [5.41, 5.74) is 0.834. The van der Waals surface area contributed by atoms with Gasteiger partial charge in [-0.2, -0.15) is 0 Å². The minimum atomic E-state index is -0.534. The van der Waals surface area contributed by atoms with Gasteiger partial charge in [0.2, 0.25) is 11.8 Å². The van der Waals surface area contributed by atoms with Crippen molar-refractivity contribution in [1.29, 1.82) is 0 Å². The maximum absolute atomic E-state index is 12.7. The van der Waals surface area contributed by atoms with Crippen LogP contribution < -0.4 is 10.1 Å². The Morgan fingerprint density at radius 2 is 2.26 bits per heavy atom. The van der Waals surface area contributed by atoms with Crippen LogP contribution in [-0.2, 0) is 16.0 Å². The van der Waals surface area contributed by atoms with Gasteiger partial charge < -0.3 is 15.0 Å². The molecule has 0 bridgehead atoms. The predicted octanol–water partition coefficient (Wildman–Crippen LogP) is 0.671. The summed E-state index contributed by atoms with van der Waals surface area (Å²) in [5.74, 6) is 0.954. The summed E-state index contributed by atoms with van der Waals surface area (Å²) >= 11 is 1.64. The largest absolute Gasteiger partial charge is 0.497 e. The highest BCUT2D eigenvalue weighted by atomic mass is 32.2. The Kier molecular flexibility index (Phi) is 4.29. The van der Waals surface area contributed by atoms with Crippen LogP contribution in [0, 0.1) is 0 Å². The molecule has 2 saturated heterocycles. The number of aromatic nitrogens is 4. The molecule has 0 aliphatic carbocycles. The number of nitrogens with zero attached hydrogens (tertiary/aromatic N) is 4. The molecule has 2 N–H and O–H groups in total. The van der Waals surface area contributed by atoms with Gasteiger partial charge >= 0.3 is 0 Å². The molecular weight excluding hydrogens is 368 g/mol. The van der Waals surface area contributed by atoms with Gasteiger partial charge in [0.1, 0.15) is 23.2 Å². The van der Waals surface area contributed by atoms with Crippen molar-refractivity contribution in [3.63, 3.8) is 0 Å². The average Bonchev–Trinajstić information content (AvgIpc) is 3.24. The van der Waals surface area contributed by atoms with Gasteiger partial charge in [0.15, 0.2) is 5.82 Å². The number of aromatic amines is 1. The number of carbonyl (C=O) groups excluding carboxylic acids is 2. The van der Waals surface area contributed by atoms with E-state index in [2.05, 4.69) is 25.9 Å². The van der Waals surface area contributed by atoms with Gasteiger partial charge in [-0.1, -0.05) is 12.1 Å². The Morgan fingerprint density at radius 3 is 2.96 bits per heavy atom. The lowest BCUT2D eigenvalue weighted by molar-refractivity contribution is -0.151. The molecular formula is C17H20N6O3S. The Balaban J connectivity index is 1.44. The number of rotatable bonds is 5. The standard InChI is InChI=1S/C17H20N6O3S/c1-17(2)13(14-19-21-22-20-14)23-15(25)12(16(23)27-17)18-11(24)8-9-5-4-6-10(7-9)26-3/h4-7,12-13,16H,8H2,1-3H3,(H,18,24)(H,19,20,21,22)/t12?,13?,16-/m1/s1. The summed E-state index contributed by atoms with van der Waals surface area (Å²) in [6, 6.07) is 6.55. The van der Waals surface area contributed by atoms with Gasteiger partial charge in [0, 0.05) is 4.75 Å². The summed E-state index contributed by atoms with van der Waals surface area (Å²) in [7, 11) is 1.58. The Morgan fingerprint density at radius 1 is 1.44 bits per heavy atom. The highest BCUT2D eigenvalue weighted by Gasteiger charge is 2.63. The van der Waals surface area contributed by atoms with Crippen LogP contribution in [0.5, 0.6) is 5.75 Å². The molecule has 3 heterocycles. The van der Waals surface area contributed by atoms with Crippen LogP contribution in [0.2, 0.25) is 0 Å². The third-order valence-corrected chi connectivity index (χ3v) is 6.45. The van der Waals surface area contributed by atoms with Crippen molar-refractivity contribution in [1.82, 2.24) is 30.8 Å². The van der Waals surface area contributed by atoms with Gasteiger partial charge in [-0.25, -0.2) is 5.10 Å². The molecule has 10 heteroatoms. The Labute approximate surface area is 160 Å².